The summed E-state index contributed by atoms with van der Waals surface area (Å²) < 4.78 is 17.1. The molecule has 3 fully saturated rings. The number of allylic oxidation sites excluding steroid dienone is 4. The van der Waals surface area contributed by atoms with Crippen molar-refractivity contribution in [3.8, 4) is 0 Å². The zero-order chi connectivity index (χ0) is 21.8. The summed E-state index contributed by atoms with van der Waals surface area (Å²) in [5.41, 5.74) is 1.61. The Labute approximate surface area is 190 Å². The molecule has 0 heterocycles. The van der Waals surface area contributed by atoms with Gasteiger partial charge in [-0.3, -0.25) is 0 Å². The van der Waals surface area contributed by atoms with Crippen molar-refractivity contribution in [2.45, 2.75) is 115 Å². The number of rotatable bonds is 10. The normalized spacial score (nSPS) is 34.4. The maximum absolute atomic E-state index is 17.1. The molecular weight excluding hydrogens is 379 g/mol. The molecule has 5 rings (SSSR count). The average molecular weight is 423 g/mol. The van der Waals surface area contributed by atoms with Gasteiger partial charge >= 0.3 is 0 Å². The number of unbranched alkanes of at least 4 members (excludes halogenated alkanes) is 4. The molecule has 0 nitrogen and oxygen atoms in total. The summed E-state index contributed by atoms with van der Waals surface area (Å²) in [6.07, 6.45) is 25.5. The van der Waals surface area contributed by atoms with Gasteiger partial charge in [-0.25, -0.2) is 4.39 Å². The number of hydrogen-bond donors (Lipinski definition) is 0. The first-order valence-electron chi connectivity index (χ1n) is 13.2. The molecule has 0 aliphatic heterocycles. The minimum absolute atomic E-state index is 0.146. The molecule has 1 aromatic carbocycles. The fraction of sp³-hybridized carbons (Fsp3) is 0.667. The van der Waals surface area contributed by atoms with Crippen LogP contribution in [0.1, 0.15) is 114 Å². The smallest absolute Gasteiger partial charge is 0.145 e. The number of halogens is 1. The Hall–Kier alpha value is -1.37. The van der Waals surface area contributed by atoms with Crippen LogP contribution in [0.3, 0.4) is 0 Å². The Morgan fingerprint density at radius 2 is 1.48 bits per heavy atom. The van der Waals surface area contributed by atoms with Gasteiger partial charge in [0, 0.05) is 11.3 Å². The molecule has 2 bridgehead atoms. The van der Waals surface area contributed by atoms with Crippen LogP contribution < -0.4 is 0 Å². The van der Waals surface area contributed by atoms with Gasteiger partial charge in [0.1, 0.15) is 5.67 Å². The van der Waals surface area contributed by atoms with E-state index in [4.69, 9.17) is 0 Å². The van der Waals surface area contributed by atoms with Gasteiger partial charge in [0.15, 0.2) is 0 Å². The molecule has 1 aromatic rings. The quantitative estimate of drug-likeness (QED) is 0.329. The van der Waals surface area contributed by atoms with E-state index < -0.39 is 5.67 Å². The Morgan fingerprint density at radius 3 is 2.13 bits per heavy atom. The molecule has 2 atom stereocenters. The highest BCUT2D eigenvalue weighted by Gasteiger charge is 2.60. The third-order valence-corrected chi connectivity index (χ3v) is 9.11. The summed E-state index contributed by atoms with van der Waals surface area (Å²) in [7, 11) is 0. The van der Waals surface area contributed by atoms with Gasteiger partial charge in [0.25, 0.3) is 0 Å². The number of benzene rings is 1. The zero-order valence-electron chi connectivity index (χ0n) is 20.0. The van der Waals surface area contributed by atoms with Gasteiger partial charge in [-0.05, 0) is 74.0 Å². The molecule has 31 heavy (non-hydrogen) atoms. The van der Waals surface area contributed by atoms with Crippen LogP contribution in [0.15, 0.2) is 48.6 Å². The molecule has 3 saturated carbocycles. The van der Waals surface area contributed by atoms with Gasteiger partial charge in [0.05, 0.1) is 0 Å². The van der Waals surface area contributed by atoms with Crippen LogP contribution in [-0.4, -0.2) is 5.67 Å². The molecule has 0 saturated heterocycles. The monoisotopic (exact) mass is 422 g/mol. The second-order valence-corrected chi connectivity index (χ2v) is 10.9. The minimum atomic E-state index is -1.25. The Balaban J connectivity index is 1.47. The van der Waals surface area contributed by atoms with Crippen molar-refractivity contribution in [3.63, 3.8) is 0 Å². The predicted molar refractivity (Wildman–Crippen MR) is 131 cm³/mol. The van der Waals surface area contributed by atoms with Gasteiger partial charge in [-0.2, -0.15) is 0 Å². The summed E-state index contributed by atoms with van der Waals surface area (Å²) in [6.45, 7) is 4.50. The van der Waals surface area contributed by atoms with E-state index in [1.54, 1.807) is 0 Å². The molecular formula is C30H43F. The maximum atomic E-state index is 17.1. The number of hydrogen-bond acceptors (Lipinski definition) is 0. The molecule has 0 radical (unpaired) electrons. The van der Waals surface area contributed by atoms with Gasteiger partial charge < -0.3 is 0 Å². The first-order valence-corrected chi connectivity index (χ1v) is 13.2. The van der Waals surface area contributed by atoms with E-state index in [0.29, 0.717) is 5.41 Å². The molecule has 1 heteroatoms. The Bertz CT molecular complexity index is 746. The summed E-state index contributed by atoms with van der Waals surface area (Å²) in [5, 5.41) is 0. The van der Waals surface area contributed by atoms with Crippen LogP contribution in [-0.2, 0) is 6.42 Å². The molecule has 0 N–H and O–H groups in total. The van der Waals surface area contributed by atoms with Crippen molar-refractivity contribution in [1.82, 2.24) is 0 Å². The van der Waals surface area contributed by atoms with Crippen molar-refractivity contribution in [3.05, 3.63) is 59.7 Å². The van der Waals surface area contributed by atoms with Crippen molar-refractivity contribution in [2.75, 3.05) is 0 Å². The SMILES string of the molecule is CCCCCCCC12CCC(C3(F)C=CC=CC3c3ccc(CCC)cc3)(CC1)CC2. The van der Waals surface area contributed by atoms with Crippen LogP contribution in [0.2, 0.25) is 0 Å². The van der Waals surface area contributed by atoms with Crippen LogP contribution in [0.25, 0.3) is 0 Å². The van der Waals surface area contributed by atoms with Crippen molar-refractivity contribution in [2.24, 2.45) is 10.8 Å². The van der Waals surface area contributed by atoms with Crippen molar-refractivity contribution >= 4 is 0 Å². The lowest BCUT2D eigenvalue weighted by molar-refractivity contribution is -0.101. The summed E-state index contributed by atoms with van der Waals surface area (Å²) in [4.78, 5) is 0. The van der Waals surface area contributed by atoms with E-state index in [-0.39, 0.29) is 11.3 Å². The van der Waals surface area contributed by atoms with Crippen LogP contribution in [0, 0.1) is 10.8 Å². The molecule has 0 aromatic heterocycles. The molecule has 4 aliphatic rings. The highest BCUT2D eigenvalue weighted by atomic mass is 19.1. The maximum Gasteiger partial charge on any atom is 0.145 e. The largest absolute Gasteiger partial charge is 0.238 e. The minimum Gasteiger partial charge on any atom is -0.238 e. The number of aryl methyl sites for hydroxylation is 1. The van der Waals surface area contributed by atoms with E-state index in [2.05, 4.69) is 50.3 Å². The van der Waals surface area contributed by atoms with E-state index in [1.165, 1.54) is 63.4 Å². The van der Waals surface area contributed by atoms with Gasteiger partial charge in [-0.1, -0.05) is 94.9 Å². The zero-order valence-corrected chi connectivity index (χ0v) is 20.0. The lowest BCUT2D eigenvalue weighted by Gasteiger charge is -2.59. The fourth-order valence-corrected chi connectivity index (χ4v) is 6.97. The first-order chi connectivity index (χ1) is 15.1. The topological polar surface area (TPSA) is 0 Å². The molecule has 0 amide bonds. The predicted octanol–water partition coefficient (Wildman–Crippen LogP) is 9.26. The second-order valence-electron chi connectivity index (χ2n) is 10.9. The Kier molecular flexibility index (Phi) is 7.09. The van der Waals surface area contributed by atoms with Gasteiger partial charge in [-0.15, -0.1) is 0 Å². The van der Waals surface area contributed by atoms with Crippen molar-refractivity contribution < 1.29 is 4.39 Å². The molecule has 2 unspecified atom stereocenters. The third-order valence-electron chi connectivity index (χ3n) is 9.11. The molecule has 170 valence electrons. The second kappa shape index (κ2) is 9.63. The number of alkyl halides is 1. The highest BCUT2D eigenvalue weighted by molar-refractivity contribution is 5.40. The Morgan fingerprint density at radius 1 is 0.806 bits per heavy atom. The lowest BCUT2D eigenvalue weighted by atomic mass is 9.46. The highest BCUT2D eigenvalue weighted by Crippen LogP contribution is 2.66. The summed E-state index contributed by atoms with van der Waals surface area (Å²) >= 11 is 0. The molecule has 4 aliphatic carbocycles. The standard InChI is InChI=1S/C30H43F/c1-3-5-6-7-9-17-28-19-22-29(23-20-28,24-21-28)30(31)18-10-8-12-27(30)26-15-13-25(11-4-2)14-16-26/h8,10,12-16,18,27H,3-7,9,11,17,19-24H2,1-2H3. The van der Waals surface area contributed by atoms with E-state index >= 15 is 4.39 Å². The summed E-state index contributed by atoms with van der Waals surface area (Å²) in [5.74, 6) is -0.146. The van der Waals surface area contributed by atoms with Crippen molar-refractivity contribution in [1.29, 1.82) is 0 Å². The summed E-state index contributed by atoms with van der Waals surface area (Å²) in [6, 6.07) is 8.82. The van der Waals surface area contributed by atoms with Crippen LogP contribution >= 0.6 is 0 Å². The fourth-order valence-electron chi connectivity index (χ4n) is 6.97. The number of fused-ring (bicyclic) bond motifs is 3. The third kappa shape index (κ3) is 4.44. The van der Waals surface area contributed by atoms with Gasteiger partial charge in [0.2, 0.25) is 0 Å². The van der Waals surface area contributed by atoms with E-state index in [9.17, 15) is 0 Å². The lowest BCUT2D eigenvalue weighted by Crippen LogP contribution is -2.55. The van der Waals surface area contributed by atoms with Crippen LogP contribution in [0.5, 0.6) is 0 Å². The van der Waals surface area contributed by atoms with Crippen LogP contribution in [0.4, 0.5) is 4.39 Å². The van der Waals surface area contributed by atoms with E-state index in [1.807, 2.05) is 12.2 Å². The average Bonchev–Trinajstić information content (AvgIpc) is 2.81. The molecule has 0 spiro atoms. The van der Waals surface area contributed by atoms with E-state index in [0.717, 1.165) is 37.7 Å². The first kappa shape index (κ1) is 22.8.